The minimum Gasteiger partial charge on any atom is -0.312 e. The quantitative estimate of drug-likeness (QED) is 0.927. The van der Waals surface area contributed by atoms with E-state index in [-0.39, 0.29) is 5.91 Å². The molecule has 2 aromatic rings. The van der Waals surface area contributed by atoms with E-state index in [0.717, 1.165) is 36.9 Å². The number of fused-ring (bicyclic) bond motifs is 1. The van der Waals surface area contributed by atoms with Gasteiger partial charge in [0.25, 0.3) is 5.91 Å². The molecule has 0 aromatic carbocycles. The van der Waals surface area contributed by atoms with E-state index in [2.05, 4.69) is 16.5 Å². The smallest absolute Gasteiger partial charge is 0.259 e. The Hall–Kier alpha value is -2.13. The summed E-state index contributed by atoms with van der Waals surface area (Å²) in [5, 5.41) is 17.0. The Morgan fingerprint density at radius 1 is 1.48 bits per heavy atom. The van der Waals surface area contributed by atoms with Gasteiger partial charge < -0.3 is 5.32 Å². The zero-order valence-electron chi connectivity index (χ0n) is 12.1. The number of nitrogens with zero attached hydrogens (tertiary/aromatic N) is 3. The fourth-order valence-electron chi connectivity index (χ4n) is 2.66. The minimum absolute atomic E-state index is 0.198. The van der Waals surface area contributed by atoms with Crippen LogP contribution in [0.1, 0.15) is 44.9 Å². The van der Waals surface area contributed by atoms with Crippen molar-refractivity contribution in [2.24, 2.45) is 7.05 Å². The lowest BCUT2D eigenvalue weighted by molar-refractivity contribution is 0.102. The van der Waals surface area contributed by atoms with Gasteiger partial charge in [-0.05, 0) is 38.2 Å². The predicted octanol–water partition coefficient (Wildman–Crippen LogP) is 2.79. The van der Waals surface area contributed by atoms with E-state index in [1.54, 1.807) is 29.3 Å². The first-order valence-electron chi connectivity index (χ1n) is 6.96. The Labute approximate surface area is 127 Å². The number of anilines is 1. The fraction of sp³-hybridized carbons (Fsp3) is 0.400. The second kappa shape index (κ2) is 5.34. The van der Waals surface area contributed by atoms with Crippen LogP contribution in [0.5, 0.6) is 0 Å². The molecule has 3 rings (SSSR count). The van der Waals surface area contributed by atoms with E-state index in [0.29, 0.717) is 16.1 Å². The zero-order chi connectivity index (χ0) is 15.0. The van der Waals surface area contributed by atoms with Crippen LogP contribution in [0, 0.1) is 18.3 Å². The van der Waals surface area contributed by atoms with Crippen molar-refractivity contribution >= 4 is 22.2 Å². The Morgan fingerprint density at radius 2 is 2.24 bits per heavy atom. The number of hydrogen-bond acceptors (Lipinski definition) is 4. The van der Waals surface area contributed by atoms with Crippen molar-refractivity contribution in [3.8, 4) is 6.07 Å². The Balaban J connectivity index is 1.92. The number of nitrogens with one attached hydrogen (secondary N) is 1. The topological polar surface area (TPSA) is 70.7 Å². The van der Waals surface area contributed by atoms with Gasteiger partial charge in [0.1, 0.15) is 11.1 Å². The molecule has 5 nitrogen and oxygen atoms in total. The number of rotatable bonds is 2. The van der Waals surface area contributed by atoms with Gasteiger partial charge in [0.2, 0.25) is 0 Å². The minimum atomic E-state index is -0.198. The Kier molecular flexibility index (Phi) is 3.52. The van der Waals surface area contributed by atoms with Crippen LogP contribution in [0.2, 0.25) is 0 Å². The SMILES string of the molecule is Cc1c(C(=O)Nc2sc3c(c2C#N)CCCC3)cnn1C. The van der Waals surface area contributed by atoms with Crippen LogP contribution in [0.25, 0.3) is 0 Å². The van der Waals surface area contributed by atoms with Gasteiger partial charge in [0.15, 0.2) is 0 Å². The predicted molar refractivity (Wildman–Crippen MR) is 81.6 cm³/mol. The lowest BCUT2D eigenvalue weighted by atomic mass is 9.96. The largest absolute Gasteiger partial charge is 0.312 e. The van der Waals surface area contributed by atoms with Crippen molar-refractivity contribution < 1.29 is 4.79 Å². The summed E-state index contributed by atoms with van der Waals surface area (Å²) in [6, 6.07) is 2.26. The monoisotopic (exact) mass is 300 g/mol. The highest BCUT2D eigenvalue weighted by Gasteiger charge is 2.23. The van der Waals surface area contributed by atoms with Crippen LogP contribution < -0.4 is 5.32 Å². The van der Waals surface area contributed by atoms with Crippen LogP contribution in [0.3, 0.4) is 0 Å². The molecule has 2 heterocycles. The van der Waals surface area contributed by atoms with Gasteiger partial charge in [-0.15, -0.1) is 11.3 Å². The number of amides is 1. The van der Waals surface area contributed by atoms with E-state index in [1.807, 2.05) is 6.92 Å². The number of hydrogen-bond donors (Lipinski definition) is 1. The molecule has 0 atom stereocenters. The number of aryl methyl sites for hydroxylation is 2. The van der Waals surface area contributed by atoms with Gasteiger partial charge in [-0.25, -0.2) is 0 Å². The second-order valence-corrected chi connectivity index (χ2v) is 6.35. The van der Waals surface area contributed by atoms with Crippen LogP contribution in [0.4, 0.5) is 5.00 Å². The molecule has 0 saturated carbocycles. The summed E-state index contributed by atoms with van der Waals surface area (Å²) in [7, 11) is 1.80. The molecule has 1 aliphatic carbocycles. The third-order valence-electron chi connectivity index (χ3n) is 3.99. The van der Waals surface area contributed by atoms with E-state index in [9.17, 15) is 10.1 Å². The van der Waals surface area contributed by atoms with Crippen molar-refractivity contribution in [1.29, 1.82) is 5.26 Å². The average molecular weight is 300 g/mol. The van der Waals surface area contributed by atoms with Crippen LogP contribution in [-0.2, 0) is 19.9 Å². The van der Waals surface area contributed by atoms with E-state index >= 15 is 0 Å². The highest BCUT2D eigenvalue weighted by atomic mass is 32.1. The molecule has 1 N–H and O–H groups in total. The molecule has 0 spiro atoms. The molecule has 1 aliphatic rings. The van der Waals surface area contributed by atoms with Gasteiger partial charge in [-0.3, -0.25) is 9.48 Å². The molecule has 0 bridgehead atoms. The summed E-state index contributed by atoms with van der Waals surface area (Å²) in [5.41, 5.74) is 3.14. The maximum Gasteiger partial charge on any atom is 0.259 e. The zero-order valence-corrected chi connectivity index (χ0v) is 12.9. The number of carbonyl (C=O) groups is 1. The van der Waals surface area contributed by atoms with Crippen molar-refractivity contribution in [2.75, 3.05) is 5.32 Å². The maximum absolute atomic E-state index is 12.4. The average Bonchev–Trinajstić information content (AvgIpc) is 2.99. The van der Waals surface area contributed by atoms with Crippen molar-refractivity contribution in [1.82, 2.24) is 9.78 Å². The summed E-state index contributed by atoms with van der Waals surface area (Å²) in [6.45, 7) is 1.85. The Morgan fingerprint density at radius 3 is 2.90 bits per heavy atom. The standard InChI is InChI=1S/C15H16N4OS/c1-9-12(8-17-19(9)2)14(20)18-15-11(7-16)10-5-3-4-6-13(10)21-15/h8H,3-6H2,1-2H3,(H,18,20). The van der Waals surface area contributed by atoms with Crippen molar-refractivity contribution in [2.45, 2.75) is 32.6 Å². The van der Waals surface area contributed by atoms with Gasteiger partial charge in [0.05, 0.1) is 17.3 Å². The fourth-order valence-corrected chi connectivity index (χ4v) is 3.90. The number of nitriles is 1. The molecule has 21 heavy (non-hydrogen) atoms. The number of thiophene rings is 1. The number of aromatic nitrogens is 2. The van der Waals surface area contributed by atoms with Crippen molar-refractivity contribution in [3.05, 3.63) is 33.5 Å². The first kappa shape index (κ1) is 13.8. The summed E-state index contributed by atoms with van der Waals surface area (Å²) in [4.78, 5) is 13.6. The normalized spacial score (nSPS) is 13.6. The van der Waals surface area contributed by atoms with Gasteiger partial charge in [-0.2, -0.15) is 10.4 Å². The van der Waals surface area contributed by atoms with Crippen molar-refractivity contribution in [3.63, 3.8) is 0 Å². The lowest BCUT2D eigenvalue weighted by Gasteiger charge is -2.09. The molecule has 0 radical (unpaired) electrons. The molecular formula is C15H16N4OS. The molecule has 6 heteroatoms. The maximum atomic E-state index is 12.4. The highest BCUT2D eigenvalue weighted by Crippen LogP contribution is 2.37. The first-order valence-corrected chi connectivity index (χ1v) is 7.78. The lowest BCUT2D eigenvalue weighted by Crippen LogP contribution is -2.13. The molecule has 0 saturated heterocycles. The van der Waals surface area contributed by atoms with Crippen LogP contribution in [0.15, 0.2) is 6.20 Å². The van der Waals surface area contributed by atoms with Gasteiger partial charge >= 0.3 is 0 Å². The summed E-state index contributed by atoms with van der Waals surface area (Å²) >= 11 is 1.54. The molecule has 1 amide bonds. The van der Waals surface area contributed by atoms with E-state index < -0.39 is 0 Å². The molecule has 2 aromatic heterocycles. The molecular weight excluding hydrogens is 284 g/mol. The van der Waals surface area contributed by atoms with Gasteiger partial charge in [0, 0.05) is 17.6 Å². The number of carbonyl (C=O) groups excluding carboxylic acids is 1. The highest BCUT2D eigenvalue weighted by molar-refractivity contribution is 7.16. The third-order valence-corrected chi connectivity index (χ3v) is 5.20. The van der Waals surface area contributed by atoms with Crippen LogP contribution in [-0.4, -0.2) is 15.7 Å². The Bertz CT molecular complexity index is 751. The second-order valence-electron chi connectivity index (χ2n) is 5.25. The van der Waals surface area contributed by atoms with Gasteiger partial charge in [-0.1, -0.05) is 0 Å². The third kappa shape index (κ3) is 2.34. The van der Waals surface area contributed by atoms with E-state index in [1.165, 1.54) is 4.88 Å². The first-order chi connectivity index (χ1) is 10.1. The molecule has 0 aliphatic heterocycles. The molecule has 108 valence electrons. The van der Waals surface area contributed by atoms with Crippen LogP contribution >= 0.6 is 11.3 Å². The molecule has 0 fully saturated rings. The van der Waals surface area contributed by atoms with E-state index in [4.69, 9.17) is 0 Å². The summed E-state index contributed by atoms with van der Waals surface area (Å²) < 4.78 is 1.67. The molecule has 0 unspecified atom stereocenters. The summed E-state index contributed by atoms with van der Waals surface area (Å²) in [6.07, 6.45) is 5.79. The summed E-state index contributed by atoms with van der Waals surface area (Å²) in [5.74, 6) is -0.198.